The number of urea groups is 1. The van der Waals surface area contributed by atoms with Crippen LogP contribution in [0.3, 0.4) is 0 Å². The number of nitrogens with zero attached hydrogens (tertiary/aromatic N) is 2. The number of rotatable bonds is 5. The van der Waals surface area contributed by atoms with Crippen molar-refractivity contribution >= 4 is 18.0 Å². The number of esters is 1. The zero-order valence-electron chi connectivity index (χ0n) is 12.0. The van der Waals surface area contributed by atoms with Crippen LogP contribution in [0.15, 0.2) is 0 Å². The molecule has 1 saturated heterocycles. The Labute approximate surface area is 118 Å². The number of carboxylic acid groups (broad SMARTS) is 1. The lowest BCUT2D eigenvalue weighted by molar-refractivity contribution is -0.141. The van der Waals surface area contributed by atoms with Gasteiger partial charge >= 0.3 is 18.0 Å². The molecule has 0 aromatic carbocycles. The summed E-state index contributed by atoms with van der Waals surface area (Å²) in [6, 6.07) is -0.188. The Morgan fingerprint density at radius 3 is 2.40 bits per heavy atom. The van der Waals surface area contributed by atoms with E-state index in [9.17, 15) is 14.4 Å². The van der Waals surface area contributed by atoms with Gasteiger partial charge in [-0.2, -0.15) is 0 Å². The van der Waals surface area contributed by atoms with Crippen molar-refractivity contribution in [2.24, 2.45) is 5.92 Å². The van der Waals surface area contributed by atoms with E-state index >= 15 is 0 Å². The number of ether oxygens (including phenoxy) is 1. The van der Waals surface area contributed by atoms with E-state index in [0.717, 1.165) is 12.8 Å². The number of piperidine rings is 1. The highest BCUT2D eigenvalue weighted by atomic mass is 16.5. The maximum atomic E-state index is 12.1. The van der Waals surface area contributed by atoms with Crippen molar-refractivity contribution in [1.29, 1.82) is 0 Å². The van der Waals surface area contributed by atoms with Crippen LogP contribution in [0.2, 0.25) is 0 Å². The average Bonchev–Trinajstić information content (AvgIpc) is 2.44. The fraction of sp³-hybridized carbons (Fsp3) is 0.769. The van der Waals surface area contributed by atoms with Crippen LogP contribution in [0, 0.1) is 5.92 Å². The van der Waals surface area contributed by atoms with E-state index in [2.05, 4.69) is 4.74 Å². The molecule has 0 saturated carbocycles. The lowest BCUT2D eigenvalue weighted by Crippen LogP contribution is -2.46. The van der Waals surface area contributed by atoms with Crippen molar-refractivity contribution in [2.45, 2.75) is 25.7 Å². The highest BCUT2D eigenvalue weighted by Gasteiger charge is 2.25. The molecule has 1 N–H and O–H groups in total. The molecule has 20 heavy (non-hydrogen) atoms. The first-order valence-corrected chi connectivity index (χ1v) is 6.72. The largest absolute Gasteiger partial charge is 0.481 e. The molecule has 114 valence electrons. The van der Waals surface area contributed by atoms with Gasteiger partial charge in [0.05, 0.1) is 7.11 Å². The van der Waals surface area contributed by atoms with Crippen molar-refractivity contribution in [3.8, 4) is 0 Å². The Balaban J connectivity index is 2.35. The smallest absolute Gasteiger partial charge is 0.325 e. The minimum atomic E-state index is -0.777. The number of hydrogen-bond donors (Lipinski definition) is 1. The van der Waals surface area contributed by atoms with E-state index in [1.54, 1.807) is 11.9 Å². The second kappa shape index (κ2) is 7.72. The second-order valence-electron chi connectivity index (χ2n) is 5.08. The third kappa shape index (κ3) is 5.07. The first kappa shape index (κ1) is 16.3. The molecule has 1 aliphatic heterocycles. The molecule has 1 aliphatic rings. The Morgan fingerprint density at radius 2 is 1.90 bits per heavy atom. The second-order valence-corrected chi connectivity index (χ2v) is 5.08. The van der Waals surface area contributed by atoms with Crippen LogP contribution in [0.25, 0.3) is 0 Å². The first-order valence-electron chi connectivity index (χ1n) is 6.72. The summed E-state index contributed by atoms with van der Waals surface area (Å²) in [6.45, 7) is 1.15. The normalized spacial score (nSPS) is 15.8. The van der Waals surface area contributed by atoms with Crippen molar-refractivity contribution in [1.82, 2.24) is 9.80 Å². The van der Waals surface area contributed by atoms with Crippen LogP contribution in [0.5, 0.6) is 0 Å². The number of carbonyl (C=O) groups is 3. The van der Waals surface area contributed by atoms with Gasteiger partial charge in [0.15, 0.2) is 0 Å². The third-order valence-electron chi connectivity index (χ3n) is 3.57. The number of likely N-dealkylation sites (N-methyl/N-ethyl adjacent to an activating group) is 1. The summed E-state index contributed by atoms with van der Waals surface area (Å²) in [5.41, 5.74) is 0. The number of methoxy groups -OCH3 is 1. The molecule has 0 atom stereocenters. The van der Waals surface area contributed by atoms with E-state index in [4.69, 9.17) is 5.11 Å². The summed E-state index contributed by atoms with van der Waals surface area (Å²) in [5, 5.41) is 8.65. The lowest BCUT2D eigenvalue weighted by atomic mass is 9.92. The third-order valence-corrected chi connectivity index (χ3v) is 3.57. The molecule has 0 unspecified atom stereocenters. The molecule has 7 nitrogen and oxygen atoms in total. The van der Waals surface area contributed by atoms with Gasteiger partial charge in [-0.25, -0.2) is 4.79 Å². The Morgan fingerprint density at radius 1 is 1.30 bits per heavy atom. The summed E-state index contributed by atoms with van der Waals surface area (Å²) in [5.74, 6) is -0.862. The fourth-order valence-corrected chi connectivity index (χ4v) is 2.31. The summed E-state index contributed by atoms with van der Waals surface area (Å²) in [7, 11) is 2.85. The predicted octanol–water partition coefficient (Wildman–Crippen LogP) is 0.788. The van der Waals surface area contributed by atoms with E-state index < -0.39 is 11.9 Å². The average molecular weight is 286 g/mol. The van der Waals surface area contributed by atoms with Crippen LogP contribution in [-0.4, -0.2) is 66.7 Å². The molecule has 2 amide bonds. The van der Waals surface area contributed by atoms with E-state index in [-0.39, 0.29) is 19.0 Å². The number of likely N-dealkylation sites (tertiary alicyclic amines) is 1. The Kier molecular flexibility index (Phi) is 6.27. The lowest BCUT2D eigenvalue weighted by Gasteiger charge is -2.34. The minimum Gasteiger partial charge on any atom is -0.481 e. The van der Waals surface area contributed by atoms with Crippen molar-refractivity contribution < 1.29 is 24.2 Å². The van der Waals surface area contributed by atoms with Gasteiger partial charge < -0.3 is 19.6 Å². The molecule has 1 heterocycles. The monoisotopic (exact) mass is 286 g/mol. The number of amides is 2. The first-order chi connectivity index (χ1) is 9.43. The maximum Gasteiger partial charge on any atom is 0.325 e. The molecular formula is C13H22N2O5. The van der Waals surface area contributed by atoms with Crippen LogP contribution in [-0.2, 0) is 14.3 Å². The molecule has 0 spiro atoms. The molecule has 0 radical (unpaired) electrons. The molecule has 1 rings (SSSR count). The van der Waals surface area contributed by atoms with E-state index in [0.29, 0.717) is 25.4 Å². The zero-order chi connectivity index (χ0) is 15.1. The van der Waals surface area contributed by atoms with Gasteiger partial charge in [-0.15, -0.1) is 0 Å². The van der Waals surface area contributed by atoms with Crippen molar-refractivity contribution in [3.05, 3.63) is 0 Å². The van der Waals surface area contributed by atoms with E-state index in [1.807, 2.05) is 0 Å². The number of carbonyl (C=O) groups excluding carboxylic acids is 2. The van der Waals surface area contributed by atoms with Gasteiger partial charge in [-0.05, 0) is 25.2 Å². The Hall–Kier alpha value is -1.79. The van der Waals surface area contributed by atoms with Crippen LogP contribution in [0.4, 0.5) is 4.79 Å². The quantitative estimate of drug-likeness (QED) is 0.755. The molecule has 0 aliphatic carbocycles. The SMILES string of the molecule is COC(=O)CN(C)C(=O)N1CCC(CCC(=O)O)CC1. The Bertz CT molecular complexity index is 364. The number of aliphatic carboxylic acids is 1. The summed E-state index contributed by atoms with van der Waals surface area (Å²) in [6.07, 6.45) is 2.46. The topological polar surface area (TPSA) is 87.2 Å². The number of carboxylic acids is 1. The summed E-state index contributed by atoms with van der Waals surface area (Å²) in [4.78, 5) is 36.7. The molecule has 0 bridgehead atoms. The molecule has 1 fully saturated rings. The van der Waals surface area contributed by atoms with Gasteiger partial charge in [0.25, 0.3) is 0 Å². The molecule has 7 heteroatoms. The highest BCUT2D eigenvalue weighted by Crippen LogP contribution is 2.22. The van der Waals surface area contributed by atoms with Crippen LogP contribution in [0.1, 0.15) is 25.7 Å². The van der Waals surface area contributed by atoms with Gasteiger partial charge in [0.2, 0.25) is 0 Å². The van der Waals surface area contributed by atoms with Crippen molar-refractivity contribution in [3.63, 3.8) is 0 Å². The molecular weight excluding hydrogens is 264 g/mol. The van der Waals surface area contributed by atoms with Gasteiger partial charge in [0.1, 0.15) is 6.54 Å². The van der Waals surface area contributed by atoms with Gasteiger partial charge in [0, 0.05) is 26.6 Å². The predicted molar refractivity (Wildman–Crippen MR) is 71.2 cm³/mol. The fourth-order valence-electron chi connectivity index (χ4n) is 2.31. The minimum absolute atomic E-state index is 0.0612. The van der Waals surface area contributed by atoms with Gasteiger partial charge in [-0.1, -0.05) is 0 Å². The standard InChI is InChI=1S/C13H22N2O5/c1-14(9-12(18)20-2)13(19)15-7-5-10(6-8-15)3-4-11(16)17/h10H,3-9H2,1-2H3,(H,16,17). The highest BCUT2D eigenvalue weighted by molar-refractivity contribution is 5.80. The van der Waals surface area contributed by atoms with Crippen molar-refractivity contribution in [2.75, 3.05) is 33.8 Å². The summed E-state index contributed by atoms with van der Waals surface area (Å²) >= 11 is 0. The van der Waals surface area contributed by atoms with Crippen LogP contribution >= 0.6 is 0 Å². The van der Waals surface area contributed by atoms with Crippen LogP contribution < -0.4 is 0 Å². The van der Waals surface area contributed by atoms with Gasteiger partial charge in [-0.3, -0.25) is 9.59 Å². The molecule has 0 aromatic rings. The molecule has 0 aromatic heterocycles. The zero-order valence-corrected chi connectivity index (χ0v) is 12.0. The summed E-state index contributed by atoms with van der Waals surface area (Å²) < 4.78 is 4.52. The number of hydrogen-bond acceptors (Lipinski definition) is 4. The van der Waals surface area contributed by atoms with E-state index in [1.165, 1.54) is 12.0 Å². The maximum absolute atomic E-state index is 12.1.